The summed E-state index contributed by atoms with van der Waals surface area (Å²) in [6, 6.07) is 1.51. The highest BCUT2D eigenvalue weighted by molar-refractivity contribution is 6.32. The molecule has 1 N–H and O–H groups in total. The Morgan fingerprint density at radius 3 is 2.94 bits per heavy atom. The number of nitrogens with one attached hydrogen (secondary N) is 1. The molecule has 0 radical (unpaired) electrons. The van der Waals surface area contributed by atoms with E-state index in [0.717, 1.165) is 0 Å². The average Bonchev–Trinajstić information content (AvgIpc) is 2.26. The van der Waals surface area contributed by atoms with Gasteiger partial charge in [0.1, 0.15) is 11.0 Å². The Kier molecular flexibility index (Phi) is 4.65. The van der Waals surface area contributed by atoms with Crippen LogP contribution in [0.25, 0.3) is 0 Å². The molecule has 1 amide bonds. The molecule has 0 aliphatic carbocycles. The number of nitrogens with zero attached hydrogens (tertiary/aromatic N) is 2. The van der Waals surface area contributed by atoms with E-state index in [1.807, 2.05) is 0 Å². The summed E-state index contributed by atoms with van der Waals surface area (Å²) in [5.74, 6) is -1.43. The Labute approximate surface area is 97.0 Å². The third kappa shape index (κ3) is 3.82. The van der Waals surface area contributed by atoms with Gasteiger partial charge in [-0.05, 0) is 13.0 Å². The van der Waals surface area contributed by atoms with Gasteiger partial charge in [0, 0.05) is 6.20 Å². The first-order valence-electron chi connectivity index (χ1n) is 4.56. The van der Waals surface area contributed by atoms with Crippen LogP contribution in [0.1, 0.15) is 12.7 Å². The van der Waals surface area contributed by atoms with Crippen LogP contribution in [0, 0.1) is 0 Å². The van der Waals surface area contributed by atoms with Crippen molar-refractivity contribution in [2.45, 2.75) is 13.5 Å². The molecule has 16 heavy (non-hydrogen) atoms. The van der Waals surface area contributed by atoms with E-state index in [1.165, 1.54) is 12.3 Å². The zero-order chi connectivity index (χ0) is 12.0. The van der Waals surface area contributed by atoms with E-state index in [9.17, 15) is 9.59 Å². The normalized spacial score (nSPS) is 9.62. The second kappa shape index (κ2) is 6.02. The summed E-state index contributed by atoms with van der Waals surface area (Å²) in [5.41, 5.74) is 0. The van der Waals surface area contributed by atoms with E-state index >= 15 is 0 Å². The van der Waals surface area contributed by atoms with Crippen LogP contribution < -0.4 is 5.32 Å². The highest BCUT2D eigenvalue weighted by Gasteiger charge is 2.14. The number of hydrogen-bond acceptors (Lipinski definition) is 5. The zero-order valence-corrected chi connectivity index (χ0v) is 9.32. The van der Waals surface area contributed by atoms with Crippen molar-refractivity contribution in [3.05, 3.63) is 23.2 Å². The fraction of sp³-hybridized carbons (Fsp3) is 0.333. The van der Waals surface area contributed by atoms with Crippen molar-refractivity contribution in [2.24, 2.45) is 0 Å². The molecule has 1 aromatic heterocycles. The van der Waals surface area contributed by atoms with Gasteiger partial charge in [0.2, 0.25) is 0 Å². The third-order valence-electron chi connectivity index (χ3n) is 1.54. The SMILES string of the molecule is CCOC(=O)C(=O)NCc1nccc(Cl)n1. The van der Waals surface area contributed by atoms with Gasteiger partial charge in [-0.3, -0.25) is 4.79 Å². The molecule has 1 aromatic rings. The Balaban J connectivity index is 2.46. The van der Waals surface area contributed by atoms with Crippen LogP contribution in [0.2, 0.25) is 5.15 Å². The summed E-state index contributed by atoms with van der Waals surface area (Å²) >= 11 is 5.62. The van der Waals surface area contributed by atoms with E-state index in [0.29, 0.717) is 5.82 Å². The minimum atomic E-state index is -0.926. The minimum Gasteiger partial charge on any atom is -0.459 e. The number of carbonyl (C=O) groups is 2. The van der Waals surface area contributed by atoms with Gasteiger partial charge in [0.05, 0.1) is 13.2 Å². The van der Waals surface area contributed by atoms with E-state index in [1.54, 1.807) is 6.92 Å². The van der Waals surface area contributed by atoms with Gasteiger partial charge in [-0.25, -0.2) is 14.8 Å². The van der Waals surface area contributed by atoms with Crippen molar-refractivity contribution < 1.29 is 14.3 Å². The molecular formula is C9H10ClN3O3. The van der Waals surface area contributed by atoms with Crippen LogP contribution in [0.4, 0.5) is 0 Å². The van der Waals surface area contributed by atoms with Crippen LogP contribution in [-0.2, 0) is 20.9 Å². The maximum atomic E-state index is 11.1. The summed E-state index contributed by atoms with van der Waals surface area (Å²) in [5, 5.41) is 2.59. The molecule has 0 saturated heterocycles. The second-order valence-electron chi connectivity index (χ2n) is 2.70. The molecule has 0 aliphatic rings. The van der Waals surface area contributed by atoms with E-state index in [-0.39, 0.29) is 18.3 Å². The Morgan fingerprint density at radius 2 is 2.31 bits per heavy atom. The molecule has 0 atom stereocenters. The first-order valence-corrected chi connectivity index (χ1v) is 4.93. The van der Waals surface area contributed by atoms with Crippen LogP contribution in [0.15, 0.2) is 12.3 Å². The molecule has 0 spiro atoms. The van der Waals surface area contributed by atoms with Gasteiger partial charge in [0.15, 0.2) is 0 Å². The lowest BCUT2D eigenvalue weighted by molar-refractivity contribution is -0.154. The zero-order valence-electron chi connectivity index (χ0n) is 8.57. The molecule has 0 bridgehead atoms. The molecule has 0 unspecified atom stereocenters. The first kappa shape index (κ1) is 12.4. The molecule has 86 valence electrons. The topological polar surface area (TPSA) is 81.2 Å². The van der Waals surface area contributed by atoms with Crippen molar-refractivity contribution in [1.29, 1.82) is 0 Å². The maximum Gasteiger partial charge on any atom is 0.396 e. The molecule has 0 saturated carbocycles. The number of aromatic nitrogens is 2. The Bertz CT molecular complexity index is 397. The van der Waals surface area contributed by atoms with Crippen molar-refractivity contribution in [2.75, 3.05) is 6.61 Å². The highest BCUT2D eigenvalue weighted by Crippen LogP contribution is 2.01. The monoisotopic (exact) mass is 243 g/mol. The Morgan fingerprint density at radius 1 is 1.56 bits per heavy atom. The number of amides is 1. The molecular weight excluding hydrogens is 234 g/mol. The fourth-order valence-corrected chi connectivity index (χ4v) is 1.04. The van der Waals surface area contributed by atoms with Gasteiger partial charge in [0.25, 0.3) is 0 Å². The van der Waals surface area contributed by atoms with E-state index < -0.39 is 11.9 Å². The quantitative estimate of drug-likeness (QED) is 0.469. The van der Waals surface area contributed by atoms with Gasteiger partial charge < -0.3 is 10.1 Å². The molecule has 6 nitrogen and oxygen atoms in total. The lowest BCUT2D eigenvalue weighted by atomic mass is 10.5. The predicted octanol–water partition coefficient (Wildman–Crippen LogP) is 0.309. The Hall–Kier alpha value is -1.69. The largest absolute Gasteiger partial charge is 0.459 e. The molecule has 7 heteroatoms. The summed E-state index contributed by atoms with van der Waals surface area (Å²) in [7, 11) is 0. The number of hydrogen-bond donors (Lipinski definition) is 1. The average molecular weight is 244 g/mol. The molecule has 0 fully saturated rings. The van der Waals surface area contributed by atoms with E-state index in [2.05, 4.69) is 20.0 Å². The number of halogens is 1. The lowest BCUT2D eigenvalue weighted by Gasteiger charge is -2.03. The van der Waals surface area contributed by atoms with Crippen LogP contribution >= 0.6 is 11.6 Å². The summed E-state index contributed by atoms with van der Waals surface area (Å²) in [4.78, 5) is 29.7. The highest BCUT2D eigenvalue weighted by atomic mass is 35.5. The molecule has 0 aromatic carbocycles. The third-order valence-corrected chi connectivity index (χ3v) is 1.75. The van der Waals surface area contributed by atoms with Crippen molar-refractivity contribution in [3.8, 4) is 0 Å². The predicted molar refractivity (Wildman–Crippen MR) is 55.5 cm³/mol. The molecule has 1 rings (SSSR count). The fourth-order valence-electron chi connectivity index (χ4n) is 0.888. The lowest BCUT2D eigenvalue weighted by Crippen LogP contribution is -2.32. The van der Waals surface area contributed by atoms with Crippen molar-refractivity contribution in [1.82, 2.24) is 15.3 Å². The number of rotatable bonds is 3. The standard InChI is InChI=1S/C9H10ClN3O3/c1-2-16-9(15)8(14)12-5-7-11-4-3-6(10)13-7/h3-4H,2,5H2,1H3,(H,12,14). The smallest absolute Gasteiger partial charge is 0.396 e. The second-order valence-corrected chi connectivity index (χ2v) is 3.09. The van der Waals surface area contributed by atoms with Gasteiger partial charge in [-0.1, -0.05) is 11.6 Å². The van der Waals surface area contributed by atoms with E-state index in [4.69, 9.17) is 11.6 Å². The molecule has 0 aliphatic heterocycles. The first-order chi connectivity index (χ1) is 7.63. The van der Waals surface area contributed by atoms with Crippen LogP contribution in [-0.4, -0.2) is 28.5 Å². The van der Waals surface area contributed by atoms with Gasteiger partial charge in [-0.2, -0.15) is 0 Å². The number of esters is 1. The maximum absolute atomic E-state index is 11.1. The van der Waals surface area contributed by atoms with Crippen LogP contribution in [0.5, 0.6) is 0 Å². The summed E-state index contributed by atoms with van der Waals surface area (Å²) < 4.78 is 4.50. The number of ether oxygens (including phenoxy) is 1. The van der Waals surface area contributed by atoms with Gasteiger partial charge in [-0.15, -0.1) is 0 Å². The summed E-state index contributed by atoms with van der Waals surface area (Å²) in [6.07, 6.45) is 1.46. The number of carbonyl (C=O) groups excluding carboxylic acids is 2. The molecule has 1 heterocycles. The van der Waals surface area contributed by atoms with Crippen molar-refractivity contribution in [3.63, 3.8) is 0 Å². The summed E-state index contributed by atoms with van der Waals surface area (Å²) in [6.45, 7) is 1.80. The van der Waals surface area contributed by atoms with Crippen LogP contribution in [0.3, 0.4) is 0 Å². The minimum absolute atomic E-state index is 0.0260. The van der Waals surface area contributed by atoms with Gasteiger partial charge >= 0.3 is 11.9 Å². The van der Waals surface area contributed by atoms with Crippen molar-refractivity contribution >= 4 is 23.5 Å².